The normalized spacial score (nSPS) is 16.7. The summed E-state index contributed by atoms with van der Waals surface area (Å²) < 4.78 is 71.6. The molecule has 0 aliphatic rings. The van der Waals surface area contributed by atoms with Gasteiger partial charge in [-0.1, -0.05) is 6.92 Å². The third-order valence-corrected chi connectivity index (χ3v) is 4.71. The minimum atomic E-state index is -6.00. The molecule has 1 aromatic carbocycles. The van der Waals surface area contributed by atoms with E-state index in [0.717, 1.165) is 0 Å². The van der Waals surface area contributed by atoms with Crippen LogP contribution in [-0.2, 0) is 15.0 Å². The van der Waals surface area contributed by atoms with Gasteiger partial charge in [0.25, 0.3) is 5.69 Å². The first-order chi connectivity index (χ1) is 10.4. The Morgan fingerprint density at radius 2 is 1.78 bits per heavy atom. The van der Waals surface area contributed by atoms with Crippen molar-refractivity contribution >= 4 is 13.3 Å². The molecule has 0 spiro atoms. The van der Waals surface area contributed by atoms with E-state index in [4.69, 9.17) is 0 Å². The minimum Gasteiger partial charge on any atom is -0.320 e. The molecule has 23 heavy (non-hydrogen) atoms. The number of rotatable bonds is 7. The monoisotopic (exact) mass is 359 g/mol. The third-order valence-electron chi connectivity index (χ3n) is 3.07. The van der Waals surface area contributed by atoms with E-state index in [1.807, 2.05) is 0 Å². The second-order valence-electron chi connectivity index (χ2n) is 4.76. The lowest BCUT2D eigenvalue weighted by atomic mass is 10.1. The van der Waals surface area contributed by atoms with Crippen LogP contribution in [0.3, 0.4) is 0 Å². The molecule has 0 fully saturated rings. The lowest BCUT2D eigenvalue weighted by Gasteiger charge is -2.30. The van der Waals surface area contributed by atoms with Crippen LogP contribution in [0, 0.1) is 10.1 Å². The van der Waals surface area contributed by atoms with Gasteiger partial charge in [0.05, 0.1) is 11.0 Å². The molecule has 2 atom stereocenters. The molecule has 130 valence electrons. The van der Waals surface area contributed by atoms with Gasteiger partial charge in [0.1, 0.15) is 0 Å². The number of nitrogens with zero attached hydrogens (tertiary/aromatic N) is 1. The van der Waals surface area contributed by atoms with Crippen molar-refractivity contribution in [3.05, 3.63) is 39.9 Å². The highest BCUT2D eigenvalue weighted by Gasteiger charge is 2.70. The third kappa shape index (κ3) is 3.70. The summed E-state index contributed by atoms with van der Waals surface area (Å²) >= 11 is 0. The predicted molar refractivity (Wildman–Crippen MR) is 72.6 cm³/mol. The fourth-order valence-electron chi connectivity index (χ4n) is 1.53. The average molecular weight is 359 g/mol. The molecule has 0 heterocycles. The van der Waals surface area contributed by atoms with Gasteiger partial charge in [-0.25, -0.2) is 0 Å². The van der Waals surface area contributed by atoms with Gasteiger partial charge in [-0.2, -0.15) is 17.6 Å². The SMILES string of the molecule is CCC(C)OP(=O)(O)C(F)(F)C(F)(F)c1ccc([N+](=O)[O-])cc1. The first-order valence-electron chi connectivity index (χ1n) is 6.38. The topological polar surface area (TPSA) is 89.7 Å². The molecule has 1 rings (SSSR count). The molecule has 0 bridgehead atoms. The highest BCUT2D eigenvalue weighted by Crippen LogP contribution is 2.66. The zero-order valence-electron chi connectivity index (χ0n) is 12.1. The van der Waals surface area contributed by atoms with Gasteiger partial charge in [-0.3, -0.25) is 14.7 Å². The van der Waals surface area contributed by atoms with E-state index < -0.39 is 41.5 Å². The number of alkyl halides is 4. The van der Waals surface area contributed by atoms with Gasteiger partial charge >= 0.3 is 19.2 Å². The van der Waals surface area contributed by atoms with Crippen LogP contribution in [0.2, 0.25) is 0 Å². The van der Waals surface area contributed by atoms with E-state index in [0.29, 0.717) is 24.3 Å². The van der Waals surface area contributed by atoms with Crippen molar-refractivity contribution in [3.63, 3.8) is 0 Å². The second-order valence-corrected chi connectivity index (χ2v) is 6.58. The maximum atomic E-state index is 14.0. The van der Waals surface area contributed by atoms with Gasteiger partial charge in [0.15, 0.2) is 0 Å². The minimum absolute atomic E-state index is 0.0593. The molecule has 0 saturated carbocycles. The molecule has 1 N–H and O–H groups in total. The Morgan fingerprint density at radius 3 is 2.17 bits per heavy atom. The second kappa shape index (κ2) is 6.54. The highest BCUT2D eigenvalue weighted by molar-refractivity contribution is 7.54. The number of halogens is 4. The van der Waals surface area contributed by atoms with Crippen molar-refractivity contribution in [3.8, 4) is 0 Å². The van der Waals surface area contributed by atoms with E-state index in [1.165, 1.54) is 13.8 Å². The molecule has 11 heteroatoms. The van der Waals surface area contributed by atoms with Crippen LogP contribution >= 0.6 is 7.60 Å². The van der Waals surface area contributed by atoms with Crippen molar-refractivity contribution in [2.45, 2.75) is 38.0 Å². The smallest absolute Gasteiger partial charge is 0.320 e. The number of nitro groups is 1. The quantitative estimate of drug-likeness (QED) is 0.340. The summed E-state index contributed by atoms with van der Waals surface area (Å²) in [6, 6.07) is 1.99. The molecule has 0 saturated heterocycles. The van der Waals surface area contributed by atoms with E-state index in [9.17, 15) is 37.1 Å². The van der Waals surface area contributed by atoms with Crippen LogP contribution in [0.15, 0.2) is 24.3 Å². The summed E-state index contributed by atoms with van der Waals surface area (Å²) in [5, 5.41) is 10.4. The lowest BCUT2D eigenvalue weighted by molar-refractivity contribution is -0.384. The maximum absolute atomic E-state index is 14.0. The number of hydrogen-bond acceptors (Lipinski definition) is 4. The van der Waals surface area contributed by atoms with Crippen LogP contribution in [0.25, 0.3) is 0 Å². The van der Waals surface area contributed by atoms with Crippen LogP contribution in [0.1, 0.15) is 25.8 Å². The van der Waals surface area contributed by atoms with Gasteiger partial charge in [0.2, 0.25) is 0 Å². The van der Waals surface area contributed by atoms with Gasteiger partial charge in [-0.05, 0) is 25.5 Å². The largest absolute Gasteiger partial charge is 0.411 e. The Hall–Kier alpha value is -1.51. The van der Waals surface area contributed by atoms with Crippen LogP contribution in [0.5, 0.6) is 0 Å². The molecule has 0 aromatic heterocycles. The Balaban J connectivity index is 3.22. The number of non-ortho nitro benzene ring substituents is 1. The first kappa shape index (κ1) is 19.5. The number of benzene rings is 1. The predicted octanol–water partition coefficient (Wildman–Crippen LogP) is 4.28. The van der Waals surface area contributed by atoms with Crippen molar-refractivity contribution in [1.29, 1.82) is 0 Å². The Morgan fingerprint density at radius 1 is 1.30 bits per heavy atom. The van der Waals surface area contributed by atoms with Crippen molar-refractivity contribution < 1.29 is 36.5 Å². The first-order valence-corrected chi connectivity index (χ1v) is 7.96. The lowest BCUT2D eigenvalue weighted by Crippen LogP contribution is -2.39. The molecule has 2 unspecified atom stereocenters. The Labute approximate surface area is 128 Å². The summed E-state index contributed by atoms with van der Waals surface area (Å²) in [5.74, 6) is -5.06. The molecule has 0 aliphatic carbocycles. The molecule has 6 nitrogen and oxygen atoms in total. The molecule has 0 radical (unpaired) electrons. The summed E-state index contributed by atoms with van der Waals surface area (Å²) in [7, 11) is -6.00. The highest BCUT2D eigenvalue weighted by atomic mass is 31.2. The van der Waals surface area contributed by atoms with E-state index in [-0.39, 0.29) is 6.42 Å². The van der Waals surface area contributed by atoms with E-state index in [2.05, 4.69) is 4.52 Å². The van der Waals surface area contributed by atoms with Crippen LogP contribution in [-0.4, -0.2) is 21.6 Å². The molecule has 0 aliphatic heterocycles. The Bertz CT molecular complexity index is 622. The fraction of sp³-hybridized carbons (Fsp3) is 0.500. The van der Waals surface area contributed by atoms with E-state index in [1.54, 1.807) is 0 Å². The van der Waals surface area contributed by atoms with Gasteiger partial charge < -0.3 is 9.42 Å². The zero-order chi connectivity index (χ0) is 18.1. The van der Waals surface area contributed by atoms with E-state index >= 15 is 0 Å². The fourth-order valence-corrected chi connectivity index (χ4v) is 2.78. The van der Waals surface area contributed by atoms with Gasteiger partial charge in [0, 0.05) is 17.7 Å². The maximum Gasteiger partial charge on any atom is 0.411 e. The average Bonchev–Trinajstić information content (AvgIpc) is 2.46. The van der Waals surface area contributed by atoms with Gasteiger partial charge in [-0.15, -0.1) is 0 Å². The number of hydrogen-bond donors (Lipinski definition) is 1. The molecule has 1 aromatic rings. The Kier molecular flexibility index (Phi) is 5.56. The zero-order valence-corrected chi connectivity index (χ0v) is 13.0. The molecule has 0 amide bonds. The summed E-state index contributed by atoms with van der Waals surface area (Å²) in [6.07, 6.45) is -1.08. The number of nitro benzene ring substituents is 1. The van der Waals surface area contributed by atoms with Crippen molar-refractivity contribution in [1.82, 2.24) is 0 Å². The standard InChI is InChI=1S/C12H14F4NO5P/c1-3-8(2)22-23(20,21)12(15,16)11(13,14)9-4-6-10(7-5-9)17(18)19/h4-8H,3H2,1-2H3,(H,20,21). The van der Waals surface area contributed by atoms with Crippen molar-refractivity contribution in [2.24, 2.45) is 0 Å². The molecular formula is C12H14F4NO5P. The van der Waals surface area contributed by atoms with Crippen LogP contribution in [0.4, 0.5) is 23.2 Å². The molecular weight excluding hydrogens is 345 g/mol. The summed E-state index contributed by atoms with van der Waals surface area (Å²) in [4.78, 5) is 18.8. The van der Waals surface area contributed by atoms with Crippen LogP contribution < -0.4 is 0 Å². The van der Waals surface area contributed by atoms with Crippen molar-refractivity contribution in [2.75, 3.05) is 0 Å². The summed E-state index contributed by atoms with van der Waals surface area (Å²) in [5.41, 5.74) is -7.33. The summed E-state index contributed by atoms with van der Waals surface area (Å²) in [6.45, 7) is 2.64.